The van der Waals surface area contributed by atoms with Gasteiger partial charge < -0.3 is 20.5 Å². The second-order valence-electron chi connectivity index (χ2n) is 5.91. The first-order chi connectivity index (χ1) is 9.52. The summed E-state index contributed by atoms with van der Waals surface area (Å²) in [5.41, 5.74) is 6.12. The van der Waals surface area contributed by atoms with Crippen LogP contribution in [0.2, 0.25) is 0 Å². The molecule has 2 fully saturated rings. The highest BCUT2D eigenvalue weighted by Gasteiger charge is 2.40. The molecule has 3 N–H and O–H groups in total. The molecule has 1 aliphatic heterocycles. The molecule has 2 rings (SSSR count). The fraction of sp³-hybridized carbons (Fsp3) is 0.857. The number of aliphatic carboxylic acids is 1. The molecule has 2 aliphatic rings. The smallest absolute Gasteiger partial charge is 0.311 e. The number of carboxylic acid groups (broad SMARTS) is 1. The van der Waals surface area contributed by atoms with Crippen LogP contribution in [-0.4, -0.2) is 54.2 Å². The van der Waals surface area contributed by atoms with E-state index in [2.05, 4.69) is 0 Å². The molecular weight excluding hydrogens is 260 g/mol. The Labute approximate surface area is 119 Å². The van der Waals surface area contributed by atoms with E-state index in [-0.39, 0.29) is 30.5 Å². The van der Waals surface area contributed by atoms with Gasteiger partial charge in [-0.2, -0.15) is 0 Å². The number of amides is 1. The van der Waals surface area contributed by atoms with Crippen molar-refractivity contribution in [3.05, 3.63) is 0 Å². The topological polar surface area (TPSA) is 92.9 Å². The lowest BCUT2D eigenvalue weighted by Gasteiger charge is -2.31. The molecule has 6 nitrogen and oxygen atoms in total. The van der Waals surface area contributed by atoms with Gasteiger partial charge in [-0.25, -0.2) is 0 Å². The van der Waals surface area contributed by atoms with E-state index in [1.165, 1.54) is 0 Å². The Morgan fingerprint density at radius 2 is 1.85 bits per heavy atom. The summed E-state index contributed by atoms with van der Waals surface area (Å²) in [7, 11) is 1.68. The maximum Gasteiger partial charge on any atom is 0.311 e. The summed E-state index contributed by atoms with van der Waals surface area (Å²) in [6.07, 6.45) is 4.87. The van der Waals surface area contributed by atoms with Crippen molar-refractivity contribution < 1.29 is 19.4 Å². The number of likely N-dealkylation sites (N-methyl/N-ethyl adjacent to an activating group) is 1. The lowest BCUT2D eigenvalue weighted by molar-refractivity contribution is -0.145. The first-order valence-electron chi connectivity index (χ1n) is 7.35. The zero-order valence-electron chi connectivity index (χ0n) is 12.0. The van der Waals surface area contributed by atoms with Crippen LogP contribution in [0.15, 0.2) is 0 Å². The molecule has 1 saturated heterocycles. The second-order valence-corrected chi connectivity index (χ2v) is 5.91. The van der Waals surface area contributed by atoms with Crippen LogP contribution in [0, 0.1) is 11.8 Å². The van der Waals surface area contributed by atoms with Crippen LogP contribution in [0.4, 0.5) is 0 Å². The third kappa shape index (κ3) is 3.12. The summed E-state index contributed by atoms with van der Waals surface area (Å²) in [6.45, 7) is 0.468. The molecule has 0 aromatic rings. The molecule has 0 aromatic carbocycles. The number of ether oxygens (including phenoxy) is 1. The van der Waals surface area contributed by atoms with Crippen molar-refractivity contribution in [2.24, 2.45) is 17.6 Å². The number of carbonyl (C=O) groups excluding carboxylic acids is 1. The van der Waals surface area contributed by atoms with Gasteiger partial charge in [0.1, 0.15) is 5.92 Å². The van der Waals surface area contributed by atoms with Gasteiger partial charge in [0.05, 0.1) is 25.2 Å². The zero-order chi connectivity index (χ0) is 14.7. The fourth-order valence-electron chi connectivity index (χ4n) is 3.23. The predicted octanol–water partition coefficient (Wildman–Crippen LogP) is 0.452. The van der Waals surface area contributed by atoms with E-state index in [4.69, 9.17) is 10.5 Å². The average molecular weight is 284 g/mol. The second kappa shape index (κ2) is 6.54. The minimum Gasteiger partial charge on any atom is -0.481 e. The Hall–Kier alpha value is -1.14. The van der Waals surface area contributed by atoms with Crippen molar-refractivity contribution in [3.8, 4) is 0 Å². The number of rotatable bonds is 3. The van der Waals surface area contributed by atoms with Crippen molar-refractivity contribution >= 4 is 11.9 Å². The largest absolute Gasteiger partial charge is 0.481 e. The molecule has 0 bridgehead atoms. The SMILES string of the molecule is CN(C(=O)C1CCCCCC1N)C1COCC1C(=O)O. The van der Waals surface area contributed by atoms with Gasteiger partial charge in [-0.15, -0.1) is 0 Å². The molecule has 20 heavy (non-hydrogen) atoms. The van der Waals surface area contributed by atoms with Crippen molar-refractivity contribution in [2.75, 3.05) is 20.3 Å². The van der Waals surface area contributed by atoms with E-state index < -0.39 is 11.9 Å². The van der Waals surface area contributed by atoms with E-state index >= 15 is 0 Å². The molecule has 1 amide bonds. The minimum absolute atomic E-state index is 0.0267. The lowest BCUT2D eigenvalue weighted by Crippen LogP contribution is -2.49. The molecule has 4 unspecified atom stereocenters. The number of carboxylic acids is 1. The normalized spacial score (nSPS) is 34.5. The highest BCUT2D eigenvalue weighted by Crippen LogP contribution is 2.27. The quantitative estimate of drug-likeness (QED) is 0.734. The first kappa shape index (κ1) is 15.3. The monoisotopic (exact) mass is 284 g/mol. The molecule has 0 radical (unpaired) electrons. The number of nitrogens with zero attached hydrogens (tertiary/aromatic N) is 1. The van der Waals surface area contributed by atoms with Gasteiger partial charge >= 0.3 is 5.97 Å². The van der Waals surface area contributed by atoms with Crippen molar-refractivity contribution in [2.45, 2.75) is 44.2 Å². The van der Waals surface area contributed by atoms with Crippen LogP contribution in [0.1, 0.15) is 32.1 Å². The maximum absolute atomic E-state index is 12.6. The molecule has 0 spiro atoms. The summed E-state index contributed by atoms with van der Waals surface area (Å²) in [6, 6.07) is -0.492. The van der Waals surface area contributed by atoms with Crippen molar-refractivity contribution in [1.82, 2.24) is 4.90 Å². The van der Waals surface area contributed by atoms with Gasteiger partial charge in [-0.3, -0.25) is 9.59 Å². The van der Waals surface area contributed by atoms with Gasteiger partial charge in [-0.1, -0.05) is 19.3 Å². The molecule has 1 saturated carbocycles. The standard InChI is InChI=1S/C14H24N2O4/c1-16(12-8-20-7-10(12)14(18)19)13(17)9-5-3-2-4-6-11(9)15/h9-12H,2-8,15H2,1H3,(H,18,19). The zero-order valence-corrected chi connectivity index (χ0v) is 12.0. The van der Waals surface area contributed by atoms with Crippen LogP contribution in [0.5, 0.6) is 0 Å². The maximum atomic E-state index is 12.6. The molecular formula is C14H24N2O4. The molecule has 4 atom stereocenters. The number of hydrogen-bond donors (Lipinski definition) is 2. The first-order valence-corrected chi connectivity index (χ1v) is 7.35. The Morgan fingerprint density at radius 3 is 2.55 bits per heavy atom. The lowest BCUT2D eigenvalue weighted by atomic mass is 9.92. The summed E-state index contributed by atoms with van der Waals surface area (Å²) in [4.78, 5) is 25.4. The van der Waals surface area contributed by atoms with E-state index in [1.807, 2.05) is 0 Å². The van der Waals surface area contributed by atoms with Gasteiger partial charge in [0.15, 0.2) is 0 Å². The molecule has 1 aliphatic carbocycles. The van der Waals surface area contributed by atoms with Gasteiger partial charge in [0, 0.05) is 13.1 Å². The Morgan fingerprint density at radius 1 is 1.15 bits per heavy atom. The summed E-state index contributed by atoms with van der Waals surface area (Å²) < 4.78 is 5.24. The van der Waals surface area contributed by atoms with Gasteiger partial charge in [-0.05, 0) is 12.8 Å². The Balaban J connectivity index is 2.05. The van der Waals surface area contributed by atoms with Crippen LogP contribution < -0.4 is 5.73 Å². The van der Waals surface area contributed by atoms with E-state index in [9.17, 15) is 14.7 Å². The average Bonchev–Trinajstić information content (AvgIpc) is 2.81. The molecule has 0 aromatic heterocycles. The van der Waals surface area contributed by atoms with Crippen LogP contribution in [0.3, 0.4) is 0 Å². The summed E-state index contributed by atoms with van der Waals surface area (Å²) in [5.74, 6) is -1.75. The summed E-state index contributed by atoms with van der Waals surface area (Å²) in [5, 5.41) is 9.18. The molecule has 114 valence electrons. The van der Waals surface area contributed by atoms with Crippen LogP contribution >= 0.6 is 0 Å². The third-order valence-corrected chi connectivity index (χ3v) is 4.60. The number of hydrogen-bond acceptors (Lipinski definition) is 4. The molecule has 6 heteroatoms. The van der Waals surface area contributed by atoms with E-state index in [0.29, 0.717) is 6.61 Å². The highest BCUT2D eigenvalue weighted by atomic mass is 16.5. The molecule has 1 heterocycles. The minimum atomic E-state index is -0.905. The third-order valence-electron chi connectivity index (χ3n) is 4.60. The van der Waals surface area contributed by atoms with Crippen molar-refractivity contribution in [3.63, 3.8) is 0 Å². The van der Waals surface area contributed by atoms with Gasteiger partial charge in [0.2, 0.25) is 5.91 Å². The number of nitrogens with two attached hydrogens (primary N) is 1. The van der Waals surface area contributed by atoms with Gasteiger partial charge in [0.25, 0.3) is 0 Å². The van der Waals surface area contributed by atoms with Crippen LogP contribution in [0.25, 0.3) is 0 Å². The highest BCUT2D eigenvalue weighted by molar-refractivity contribution is 5.81. The van der Waals surface area contributed by atoms with E-state index in [1.54, 1.807) is 11.9 Å². The summed E-state index contributed by atoms with van der Waals surface area (Å²) >= 11 is 0. The Kier molecular flexibility index (Phi) is 4.99. The van der Waals surface area contributed by atoms with Crippen molar-refractivity contribution in [1.29, 1.82) is 0 Å². The number of carbonyl (C=O) groups is 2. The van der Waals surface area contributed by atoms with E-state index in [0.717, 1.165) is 32.1 Å². The van der Waals surface area contributed by atoms with Crippen LogP contribution in [-0.2, 0) is 14.3 Å². The predicted molar refractivity (Wildman–Crippen MR) is 73.1 cm³/mol. The fourth-order valence-corrected chi connectivity index (χ4v) is 3.23. The Bertz CT molecular complexity index is 374.